The van der Waals surface area contributed by atoms with Crippen LogP contribution in [0.3, 0.4) is 0 Å². The Balaban J connectivity index is 2.46. The molecule has 5 nitrogen and oxygen atoms in total. The highest BCUT2D eigenvalue weighted by atomic mass is 16.6. The van der Waals surface area contributed by atoms with E-state index < -0.39 is 5.60 Å². The van der Waals surface area contributed by atoms with Crippen molar-refractivity contribution in [2.45, 2.75) is 45.3 Å². The zero-order valence-corrected chi connectivity index (χ0v) is 11.1. The van der Waals surface area contributed by atoms with Crippen molar-refractivity contribution < 1.29 is 9.53 Å². The van der Waals surface area contributed by atoms with Crippen LogP contribution in [0.25, 0.3) is 0 Å². The van der Waals surface area contributed by atoms with Gasteiger partial charge < -0.3 is 14.5 Å². The molecule has 0 aromatic carbocycles. The Morgan fingerprint density at radius 3 is 2.35 bits per heavy atom. The molecule has 0 aromatic rings. The smallest absolute Gasteiger partial charge is 0.410 e. The Labute approximate surface area is 103 Å². The maximum Gasteiger partial charge on any atom is 0.410 e. The molecule has 0 spiro atoms. The van der Waals surface area contributed by atoms with Crippen LogP contribution in [0.4, 0.5) is 4.79 Å². The first-order valence-electron chi connectivity index (χ1n) is 5.94. The van der Waals surface area contributed by atoms with Crippen molar-refractivity contribution in [3.8, 4) is 6.19 Å². The number of hydrogen-bond acceptors (Lipinski definition) is 4. The van der Waals surface area contributed by atoms with Crippen molar-refractivity contribution in [3.05, 3.63) is 0 Å². The van der Waals surface area contributed by atoms with Crippen LogP contribution in [-0.4, -0.2) is 47.7 Å². The predicted octanol–water partition coefficient (Wildman–Crippen LogP) is 1.80. The van der Waals surface area contributed by atoms with E-state index in [2.05, 4.69) is 6.19 Å². The molecule has 0 aliphatic carbocycles. The summed E-state index contributed by atoms with van der Waals surface area (Å²) in [5.41, 5.74) is -0.460. The van der Waals surface area contributed by atoms with E-state index in [1.165, 1.54) is 0 Å². The summed E-state index contributed by atoms with van der Waals surface area (Å²) >= 11 is 0. The monoisotopic (exact) mass is 239 g/mol. The third-order valence-corrected chi connectivity index (χ3v) is 2.84. The first-order valence-corrected chi connectivity index (χ1v) is 5.94. The van der Waals surface area contributed by atoms with Crippen molar-refractivity contribution in [1.82, 2.24) is 9.80 Å². The van der Waals surface area contributed by atoms with Crippen LogP contribution in [-0.2, 0) is 4.74 Å². The summed E-state index contributed by atoms with van der Waals surface area (Å²) in [7, 11) is 1.76. The molecular weight excluding hydrogens is 218 g/mol. The zero-order valence-electron chi connectivity index (χ0n) is 11.1. The number of likely N-dealkylation sites (tertiary alicyclic amines) is 1. The number of carbonyl (C=O) groups is 1. The van der Waals surface area contributed by atoms with E-state index in [1.54, 1.807) is 16.8 Å². The minimum absolute atomic E-state index is 0.175. The third kappa shape index (κ3) is 4.14. The van der Waals surface area contributed by atoms with Gasteiger partial charge in [-0.25, -0.2) is 4.79 Å². The molecule has 0 saturated carbocycles. The van der Waals surface area contributed by atoms with Crippen molar-refractivity contribution in [2.75, 3.05) is 20.1 Å². The average Bonchev–Trinajstić information content (AvgIpc) is 2.26. The summed E-state index contributed by atoms with van der Waals surface area (Å²) in [5.74, 6) is 0. The van der Waals surface area contributed by atoms with Gasteiger partial charge in [0, 0.05) is 26.2 Å². The lowest BCUT2D eigenvalue weighted by Crippen LogP contribution is -2.46. The van der Waals surface area contributed by atoms with E-state index in [1.807, 2.05) is 20.8 Å². The van der Waals surface area contributed by atoms with Crippen LogP contribution >= 0.6 is 0 Å². The molecular formula is C12H21N3O2. The van der Waals surface area contributed by atoms with Gasteiger partial charge in [0.25, 0.3) is 0 Å². The van der Waals surface area contributed by atoms with Crippen LogP contribution in [0, 0.1) is 11.5 Å². The van der Waals surface area contributed by atoms with Crippen LogP contribution in [0.5, 0.6) is 0 Å². The van der Waals surface area contributed by atoms with Gasteiger partial charge in [0.05, 0.1) is 0 Å². The third-order valence-electron chi connectivity index (χ3n) is 2.84. The summed E-state index contributed by atoms with van der Waals surface area (Å²) in [6, 6.07) is 0.175. The topological polar surface area (TPSA) is 56.6 Å². The Kier molecular flexibility index (Phi) is 4.22. The highest BCUT2D eigenvalue weighted by Crippen LogP contribution is 2.17. The zero-order chi connectivity index (χ0) is 13.1. The Morgan fingerprint density at radius 2 is 1.94 bits per heavy atom. The lowest BCUT2D eigenvalue weighted by Gasteiger charge is -2.35. The van der Waals surface area contributed by atoms with E-state index in [0.717, 1.165) is 12.8 Å². The fourth-order valence-corrected chi connectivity index (χ4v) is 1.84. The van der Waals surface area contributed by atoms with Crippen molar-refractivity contribution >= 4 is 6.09 Å². The molecule has 0 aromatic heterocycles. The molecule has 0 atom stereocenters. The number of amides is 1. The second kappa shape index (κ2) is 5.26. The lowest BCUT2D eigenvalue weighted by atomic mass is 10.0. The second-order valence-corrected chi connectivity index (χ2v) is 5.41. The highest BCUT2D eigenvalue weighted by Gasteiger charge is 2.28. The molecule has 0 unspecified atom stereocenters. The molecule has 1 heterocycles. The Hall–Kier alpha value is -1.44. The van der Waals surface area contributed by atoms with E-state index in [4.69, 9.17) is 10.00 Å². The Morgan fingerprint density at radius 1 is 1.41 bits per heavy atom. The number of carbonyl (C=O) groups excluding carboxylic acids is 1. The molecule has 1 aliphatic heterocycles. The molecule has 0 radical (unpaired) electrons. The van der Waals surface area contributed by atoms with Crippen LogP contribution in [0.15, 0.2) is 0 Å². The molecule has 1 aliphatic rings. The van der Waals surface area contributed by atoms with Gasteiger partial charge in [0.2, 0.25) is 0 Å². The molecule has 96 valence electrons. The van der Waals surface area contributed by atoms with Gasteiger partial charge >= 0.3 is 6.09 Å². The van der Waals surface area contributed by atoms with Crippen molar-refractivity contribution in [3.63, 3.8) is 0 Å². The summed E-state index contributed by atoms with van der Waals surface area (Å²) in [6.45, 7) is 7.01. The van der Waals surface area contributed by atoms with E-state index in [-0.39, 0.29) is 12.1 Å². The van der Waals surface area contributed by atoms with Gasteiger partial charge in [0.1, 0.15) is 5.60 Å². The minimum Gasteiger partial charge on any atom is -0.444 e. The maximum atomic E-state index is 11.8. The molecule has 0 N–H and O–H groups in total. The molecule has 5 heteroatoms. The normalized spacial score (nSPS) is 17.5. The van der Waals surface area contributed by atoms with Gasteiger partial charge in [-0.15, -0.1) is 0 Å². The second-order valence-electron chi connectivity index (χ2n) is 5.41. The number of ether oxygens (including phenoxy) is 1. The van der Waals surface area contributed by atoms with E-state index in [9.17, 15) is 4.79 Å². The number of hydrogen-bond donors (Lipinski definition) is 0. The first-order chi connectivity index (χ1) is 7.83. The molecule has 17 heavy (non-hydrogen) atoms. The summed E-state index contributed by atoms with van der Waals surface area (Å²) < 4.78 is 5.31. The van der Waals surface area contributed by atoms with Crippen LogP contribution in [0.1, 0.15) is 33.6 Å². The van der Waals surface area contributed by atoms with Crippen molar-refractivity contribution in [1.29, 1.82) is 5.26 Å². The van der Waals surface area contributed by atoms with Gasteiger partial charge in [-0.05, 0) is 33.6 Å². The fourth-order valence-electron chi connectivity index (χ4n) is 1.84. The summed E-state index contributed by atoms with van der Waals surface area (Å²) in [4.78, 5) is 15.2. The van der Waals surface area contributed by atoms with Gasteiger partial charge in [-0.2, -0.15) is 5.26 Å². The van der Waals surface area contributed by atoms with Gasteiger partial charge in [-0.1, -0.05) is 0 Å². The standard InChI is InChI=1S/C12H21N3O2/c1-12(2,3)17-11(16)14(4)10-5-7-15(9-13)8-6-10/h10H,5-8H2,1-4H3. The SMILES string of the molecule is CN(C(=O)OC(C)(C)C)C1CCN(C#N)CC1. The lowest BCUT2D eigenvalue weighted by molar-refractivity contribution is 0.0171. The molecule has 1 rings (SSSR count). The predicted molar refractivity (Wildman–Crippen MR) is 64.2 cm³/mol. The van der Waals surface area contributed by atoms with Gasteiger partial charge in [0.15, 0.2) is 6.19 Å². The first kappa shape index (κ1) is 13.6. The van der Waals surface area contributed by atoms with Crippen molar-refractivity contribution in [2.24, 2.45) is 0 Å². The Bertz CT molecular complexity index is 309. The number of rotatable bonds is 1. The average molecular weight is 239 g/mol. The highest BCUT2D eigenvalue weighted by molar-refractivity contribution is 5.68. The largest absolute Gasteiger partial charge is 0.444 e. The number of nitriles is 1. The maximum absolute atomic E-state index is 11.8. The quantitative estimate of drug-likeness (QED) is 0.655. The number of piperidine rings is 1. The van der Waals surface area contributed by atoms with E-state index >= 15 is 0 Å². The van der Waals surface area contributed by atoms with Gasteiger partial charge in [-0.3, -0.25) is 0 Å². The molecule has 1 amide bonds. The molecule has 0 bridgehead atoms. The molecule has 1 saturated heterocycles. The molecule has 1 fully saturated rings. The fraction of sp³-hybridized carbons (Fsp3) is 0.833. The van der Waals surface area contributed by atoms with E-state index in [0.29, 0.717) is 13.1 Å². The summed E-state index contributed by atoms with van der Waals surface area (Å²) in [6.07, 6.45) is 3.49. The van der Waals surface area contributed by atoms with Crippen LogP contribution < -0.4 is 0 Å². The summed E-state index contributed by atoms with van der Waals surface area (Å²) in [5, 5.41) is 8.75. The van der Waals surface area contributed by atoms with Crippen LogP contribution in [0.2, 0.25) is 0 Å². The minimum atomic E-state index is -0.460. The number of nitrogens with zero attached hydrogens (tertiary/aromatic N) is 3.